The molecule has 3 saturated heterocycles. The van der Waals surface area contributed by atoms with E-state index in [9.17, 15) is 4.39 Å². The summed E-state index contributed by atoms with van der Waals surface area (Å²) in [5, 5.41) is 8.13. The Balaban J connectivity index is 1.32. The Kier molecular flexibility index (Phi) is 7.12. The van der Waals surface area contributed by atoms with Crippen LogP contribution in [0.15, 0.2) is 12.1 Å². The Morgan fingerprint density at radius 2 is 2.03 bits per heavy atom. The molecule has 7 nitrogen and oxygen atoms in total. The van der Waals surface area contributed by atoms with E-state index in [4.69, 9.17) is 26.1 Å². The SMILES string of the molecule is CC[C@@H]1CNC[C@](CC)(CCCOc2nc(N3C[C@H]4CC[C@@H](C3)N4)c3cc(Cl)cc(F)c3n2)O1. The number of hydrogen-bond acceptors (Lipinski definition) is 7. The summed E-state index contributed by atoms with van der Waals surface area (Å²) >= 11 is 6.19. The molecule has 0 aliphatic carbocycles. The summed E-state index contributed by atoms with van der Waals surface area (Å²) < 4.78 is 27.3. The molecular weight excluding hydrogens is 457 g/mol. The van der Waals surface area contributed by atoms with Gasteiger partial charge < -0.3 is 25.0 Å². The molecule has 4 atom stereocenters. The Labute approximate surface area is 205 Å². The van der Waals surface area contributed by atoms with Crippen LogP contribution in [0.25, 0.3) is 10.9 Å². The summed E-state index contributed by atoms with van der Waals surface area (Å²) in [5.41, 5.74) is 0.0894. The minimum Gasteiger partial charge on any atom is -0.463 e. The van der Waals surface area contributed by atoms with Crippen molar-refractivity contribution in [3.8, 4) is 6.01 Å². The van der Waals surface area contributed by atoms with Crippen LogP contribution < -0.4 is 20.3 Å². The molecule has 3 fully saturated rings. The van der Waals surface area contributed by atoms with Crippen LogP contribution in [0.5, 0.6) is 6.01 Å². The van der Waals surface area contributed by atoms with Gasteiger partial charge in [0.25, 0.3) is 0 Å². The van der Waals surface area contributed by atoms with Crippen LogP contribution in [-0.2, 0) is 4.74 Å². The Morgan fingerprint density at radius 3 is 2.76 bits per heavy atom. The van der Waals surface area contributed by atoms with Crippen molar-refractivity contribution in [1.82, 2.24) is 20.6 Å². The topological polar surface area (TPSA) is 71.5 Å². The first-order valence-corrected chi connectivity index (χ1v) is 13.1. The molecule has 34 heavy (non-hydrogen) atoms. The number of anilines is 1. The average Bonchev–Trinajstić information content (AvgIpc) is 3.19. The zero-order valence-electron chi connectivity index (χ0n) is 20.1. The van der Waals surface area contributed by atoms with Gasteiger partial charge in [0.1, 0.15) is 11.3 Å². The van der Waals surface area contributed by atoms with Crippen molar-refractivity contribution in [2.75, 3.05) is 37.7 Å². The minimum atomic E-state index is -0.452. The van der Waals surface area contributed by atoms with Gasteiger partial charge in [0.2, 0.25) is 0 Å². The summed E-state index contributed by atoms with van der Waals surface area (Å²) in [5.74, 6) is 0.252. The van der Waals surface area contributed by atoms with Gasteiger partial charge in [-0.25, -0.2) is 4.39 Å². The summed E-state index contributed by atoms with van der Waals surface area (Å²) in [7, 11) is 0. The van der Waals surface area contributed by atoms with Gasteiger partial charge in [-0.1, -0.05) is 25.4 Å². The second-order valence-corrected chi connectivity index (χ2v) is 10.4. The number of aromatic nitrogens is 2. The van der Waals surface area contributed by atoms with Gasteiger partial charge in [-0.05, 0) is 50.7 Å². The normalized spacial score (nSPS) is 29.1. The van der Waals surface area contributed by atoms with E-state index < -0.39 is 5.82 Å². The summed E-state index contributed by atoms with van der Waals surface area (Å²) in [6, 6.07) is 4.13. The van der Waals surface area contributed by atoms with Crippen molar-refractivity contribution in [3.63, 3.8) is 0 Å². The van der Waals surface area contributed by atoms with Gasteiger partial charge in [-0.3, -0.25) is 0 Å². The fourth-order valence-electron chi connectivity index (χ4n) is 5.61. The lowest BCUT2D eigenvalue weighted by molar-refractivity contribution is -0.124. The van der Waals surface area contributed by atoms with E-state index in [0.29, 0.717) is 34.9 Å². The number of piperazine rings is 1. The summed E-state index contributed by atoms with van der Waals surface area (Å²) in [4.78, 5) is 11.4. The number of benzene rings is 1. The number of rotatable bonds is 8. The third kappa shape index (κ3) is 4.96. The van der Waals surface area contributed by atoms with E-state index in [1.54, 1.807) is 6.07 Å². The lowest BCUT2D eigenvalue weighted by atomic mass is 9.92. The standard InChI is InChI=1S/C25H35ClFN5O2/c1-3-19-12-28-15-25(4-2,34-19)8-5-9-33-24-30-22-20(10-16(26)11-21(22)27)23(31-24)32-13-17-6-7-18(14-32)29-17/h10-11,17-19,28-29H,3-9,12-15H2,1-2H3/t17-,18+,19-,25+/m1/s1. The molecule has 3 aliphatic rings. The molecule has 3 aliphatic heterocycles. The number of nitrogens with zero attached hydrogens (tertiary/aromatic N) is 3. The molecule has 9 heteroatoms. The lowest BCUT2D eigenvalue weighted by Gasteiger charge is -2.41. The highest BCUT2D eigenvalue weighted by atomic mass is 35.5. The van der Waals surface area contributed by atoms with Crippen LogP contribution in [-0.4, -0.2) is 66.5 Å². The molecule has 5 rings (SSSR count). The molecule has 1 aromatic heterocycles. The first kappa shape index (κ1) is 24.0. The molecule has 2 aromatic rings. The van der Waals surface area contributed by atoms with Crippen molar-refractivity contribution in [2.24, 2.45) is 0 Å². The van der Waals surface area contributed by atoms with Crippen molar-refractivity contribution >= 4 is 28.3 Å². The predicted molar refractivity (Wildman–Crippen MR) is 132 cm³/mol. The molecule has 2 bridgehead atoms. The number of ether oxygens (including phenoxy) is 2. The molecule has 0 radical (unpaired) electrons. The van der Waals surface area contributed by atoms with E-state index in [1.807, 2.05) is 0 Å². The van der Waals surface area contributed by atoms with Gasteiger partial charge in [-0.15, -0.1) is 0 Å². The number of nitrogens with one attached hydrogen (secondary N) is 2. The number of halogens is 2. The van der Waals surface area contributed by atoms with E-state index in [1.165, 1.54) is 6.07 Å². The van der Waals surface area contributed by atoms with Crippen LogP contribution >= 0.6 is 11.6 Å². The largest absolute Gasteiger partial charge is 0.463 e. The van der Waals surface area contributed by atoms with Crippen molar-refractivity contribution in [3.05, 3.63) is 23.0 Å². The van der Waals surface area contributed by atoms with Gasteiger partial charge >= 0.3 is 6.01 Å². The maximum Gasteiger partial charge on any atom is 0.319 e. The maximum absolute atomic E-state index is 14.9. The van der Waals surface area contributed by atoms with Gasteiger partial charge in [0.05, 0.1) is 18.3 Å². The molecule has 0 amide bonds. The summed E-state index contributed by atoms with van der Waals surface area (Å²) in [6.07, 6.45) is 6.20. The average molecular weight is 492 g/mol. The third-order valence-electron chi connectivity index (χ3n) is 7.54. The highest BCUT2D eigenvalue weighted by molar-refractivity contribution is 6.31. The van der Waals surface area contributed by atoms with Gasteiger partial charge in [-0.2, -0.15) is 9.97 Å². The molecule has 4 heterocycles. The Bertz CT molecular complexity index is 1010. The molecule has 0 spiro atoms. The van der Waals surface area contributed by atoms with E-state index >= 15 is 0 Å². The molecule has 1 aromatic carbocycles. The van der Waals surface area contributed by atoms with Crippen LogP contribution in [0.3, 0.4) is 0 Å². The van der Waals surface area contributed by atoms with Crippen molar-refractivity contribution in [1.29, 1.82) is 0 Å². The number of fused-ring (bicyclic) bond motifs is 3. The van der Waals surface area contributed by atoms with Crippen LogP contribution in [0, 0.1) is 5.82 Å². The van der Waals surface area contributed by atoms with Crippen molar-refractivity contribution < 1.29 is 13.9 Å². The first-order chi connectivity index (χ1) is 16.5. The highest BCUT2D eigenvalue weighted by Gasteiger charge is 2.35. The minimum absolute atomic E-state index is 0.166. The van der Waals surface area contributed by atoms with Gasteiger partial charge in [0.15, 0.2) is 5.82 Å². The fraction of sp³-hybridized carbons (Fsp3) is 0.680. The quantitative estimate of drug-likeness (QED) is 0.539. The Hall–Kier alpha value is -1.74. The van der Waals surface area contributed by atoms with Gasteiger partial charge in [0, 0.05) is 48.7 Å². The maximum atomic E-state index is 14.9. The number of hydrogen-bond donors (Lipinski definition) is 2. The first-order valence-electron chi connectivity index (χ1n) is 12.7. The van der Waals surface area contributed by atoms with E-state index in [0.717, 1.165) is 64.7 Å². The lowest BCUT2D eigenvalue weighted by Crippen LogP contribution is -2.53. The molecule has 0 saturated carbocycles. The van der Waals surface area contributed by atoms with Crippen LogP contribution in [0.1, 0.15) is 52.4 Å². The fourth-order valence-corrected chi connectivity index (χ4v) is 5.82. The van der Waals surface area contributed by atoms with E-state index in [-0.39, 0.29) is 23.2 Å². The molecule has 186 valence electrons. The van der Waals surface area contributed by atoms with Crippen molar-refractivity contribution in [2.45, 2.75) is 76.2 Å². The number of morpholine rings is 1. The predicted octanol–water partition coefficient (Wildman–Crippen LogP) is 4.07. The smallest absolute Gasteiger partial charge is 0.319 e. The monoisotopic (exact) mass is 491 g/mol. The summed E-state index contributed by atoms with van der Waals surface area (Å²) in [6.45, 7) is 8.21. The zero-order valence-corrected chi connectivity index (χ0v) is 20.8. The van der Waals surface area contributed by atoms with Crippen LogP contribution in [0.2, 0.25) is 5.02 Å². The molecule has 0 unspecified atom stereocenters. The van der Waals surface area contributed by atoms with Crippen LogP contribution in [0.4, 0.5) is 10.2 Å². The zero-order chi connectivity index (χ0) is 23.7. The molecular formula is C25H35ClFN5O2. The second kappa shape index (κ2) is 10.1. The highest BCUT2D eigenvalue weighted by Crippen LogP contribution is 2.34. The van der Waals surface area contributed by atoms with E-state index in [2.05, 4.69) is 34.4 Å². The molecule has 2 N–H and O–H groups in total. The second-order valence-electron chi connectivity index (χ2n) is 9.92. The Morgan fingerprint density at radius 1 is 1.24 bits per heavy atom. The third-order valence-corrected chi connectivity index (χ3v) is 7.76.